The molecule has 9 nitrogen and oxygen atoms in total. The van der Waals surface area contributed by atoms with Crippen LogP contribution in [0.2, 0.25) is 0 Å². The first-order valence-electron chi connectivity index (χ1n) is 8.08. The van der Waals surface area contributed by atoms with Gasteiger partial charge in [-0.2, -0.15) is 15.0 Å². The van der Waals surface area contributed by atoms with E-state index in [4.69, 9.17) is 14.9 Å². The van der Waals surface area contributed by atoms with E-state index in [0.29, 0.717) is 23.4 Å². The lowest BCUT2D eigenvalue weighted by Gasteiger charge is -2.09. The number of nitrogens with zero attached hydrogens (tertiary/aromatic N) is 5. The Labute approximate surface area is 154 Å². The van der Waals surface area contributed by atoms with E-state index in [9.17, 15) is 0 Å². The zero-order chi connectivity index (χ0) is 18.5. The standard InChI is InChI=1S/C18H15N7O2/c19-17-22-15(23-18(24-17)21-13-4-2-1-3-5-13)10-26-14-8-6-12(7-9-14)16-25-20-11-27-16/h1-9,11H,10H2,(H3,19,21,22,23,24). The summed E-state index contributed by atoms with van der Waals surface area (Å²) in [5, 5.41) is 10.6. The van der Waals surface area contributed by atoms with Gasteiger partial charge in [-0.3, -0.25) is 0 Å². The molecule has 3 N–H and O–H groups in total. The number of ether oxygens (including phenoxy) is 1. The van der Waals surface area contributed by atoms with Gasteiger partial charge in [0.05, 0.1) is 0 Å². The van der Waals surface area contributed by atoms with Gasteiger partial charge in [-0.25, -0.2) is 0 Å². The molecule has 0 radical (unpaired) electrons. The lowest BCUT2D eigenvalue weighted by Crippen LogP contribution is -2.09. The Kier molecular flexibility index (Phi) is 4.56. The largest absolute Gasteiger partial charge is 0.486 e. The maximum atomic E-state index is 5.78. The molecule has 0 aliphatic heterocycles. The third-order valence-corrected chi connectivity index (χ3v) is 3.56. The lowest BCUT2D eigenvalue weighted by molar-refractivity contribution is 0.296. The van der Waals surface area contributed by atoms with Crippen molar-refractivity contribution in [3.8, 4) is 17.2 Å². The summed E-state index contributed by atoms with van der Waals surface area (Å²) in [5.74, 6) is 1.99. The second-order valence-corrected chi connectivity index (χ2v) is 5.48. The van der Waals surface area contributed by atoms with Crippen LogP contribution in [0.4, 0.5) is 17.6 Å². The van der Waals surface area contributed by atoms with Crippen molar-refractivity contribution in [2.75, 3.05) is 11.1 Å². The van der Waals surface area contributed by atoms with Crippen LogP contribution >= 0.6 is 0 Å². The fourth-order valence-electron chi connectivity index (χ4n) is 2.35. The molecule has 0 atom stereocenters. The highest BCUT2D eigenvalue weighted by Crippen LogP contribution is 2.21. The maximum Gasteiger partial charge on any atom is 0.247 e. The predicted molar refractivity (Wildman–Crippen MR) is 98.0 cm³/mol. The molecule has 27 heavy (non-hydrogen) atoms. The summed E-state index contributed by atoms with van der Waals surface area (Å²) < 4.78 is 10.9. The highest BCUT2D eigenvalue weighted by Gasteiger charge is 2.07. The molecule has 9 heteroatoms. The van der Waals surface area contributed by atoms with Crippen LogP contribution in [-0.4, -0.2) is 25.1 Å². The number of nitrogens with two attached hydrogens (primary N) is 1. The normalized spacial score (nSPS) is 10.5. The van der Waals surface area contributed by atoms with Crippen LogP contribution in [0.25, 0.3) is 11.5 Å². The first kappa shape index (κ1) is 16.5. The average Bonchev–Trinajstić information content (AvgIpc) is 3.22. The third-order valence-electron chi connectivity index (χ3n) is 3.56. The first-order chi connectivity index (χ1) is 13.3. The van der Waals surface area contributed by atoms with Crippen molar-refractivity contribution >= 4 is 17.6 Å². The molecule has 0 aliphatic carbocycles. The van der Waals surface area contributed by atoms with Crippen molar-refractivity contribution in [1.82, 2.24) is 25.1 Å². The van der Waals surface area contributed by atoms with Gasteiger partial charge in [-0.05, 0) is 36.4 Å². The van der Waals surface area contributed by atoms with Crippen molar-refractivity contribution in [3.63, 3.8) is 0 Å². The van der Waals surface area contributed by atoms with E-state index in [0.717, 1.165) is 11.3 Å². The second-order valence-electron chi connectivity index (χ2n) is 5.48. The number of benzene rings is 2. The predicted octanol–water partition coefficient (Wildman–Crippen LogP) is 2.83. The quantitative estimate of drug-likeness (QED) is 0.533. The molecule has 2 aromatic carbocycles. The monoisotopic (exact) mass is 361 g/mol. The highest BCUT2D eigenvalue weighted by molar-refractivity contribution is 5.54. The van der Waals surface area contributed by atoms with Crippen LogP contribution in [-0.2, 0) is 6.61 Å². The van der Waals surface area contributed by atoms with E-state index in [1.165, 1.54) is 6.39 Å². The summed E-state index contributed by atoms with van der Waals surface area (Å²) in [6.45, 7) is 0.149. The van der Waals surface area contributed by atoms with Crippen LogP contribution < -0.4 is 15.8 Å². The Hall–Kier alpha value is -4.01. The van der Waals surface area contributed by atoms with E-state index in [1.54, 1.807) is 12.1 Å². The lowest BCUT2D eigenvalue weighted by atomic mass is 10.2. The van der Waals surface area contributed by atoms with Crippen LogP contribution in [0.15, 0.2) is 65.4 Å². The molecular formula is C18H15N7O2. The molecule has 0 unspecified atom stereocenters. The van der Waals surface area contributed by atoms with Gasteiger partial charge >= 0.3 is 0 Å². The summed E-state index contributed by atoms with van der Waals surface area (Å²) in [5.41, 5.74) is 7.43. The van der Waals surface area contributed by atoms with Crippen molar-refractivity contribution in [1.29, 1.82) is 0 Å². The summed E-state index contributed by atoms with van der Waals surface area (Å²) in [7, 11) is 0. The van der Waals surface area contributed by atoms with E-state index in [-0.39, 0.29) is 12.6 Å². The summed E-state index contributed by atoms with van der Waals surface area (Å²) in [6, 6.07) is 16.8. The Bertz CT molecular complexity index is 1010. The number of hydrogen-bond donors (Lipinski definition) is 2. The average molecular weight is 361 g/mol. The van der Waals surface area contributed by atoms with Gasteiger partial charge in [-0.15, -0.1) is 10.2 Å². The molecule has 0 fully saturated rings. The SMILES string of the molecule is Nc1nc(COc2ccc(-c3nnco3)cc2)nc(Nc2ccccc2)n1. The van der Waals surface area contributed by atoms with E-state index < -0.39 is 0 Å². The Balaban J connectivity index is 1.43. The number of nitrogens with one attached hydrogen (secondary N) is 1. The highest BCUT2D eigenvalue weighted by atomic mass is 16.5. The maximum absolute atomic E-state index is 5.78. The van der Waals surface area contributed by atoms with Crippen LogP contribution in [0.3, 0.4) is 0 Å². The second kappa shape index (κ2) is 7.48. The molecular weight excluding hydrogens is 346 g/mol. The molecule has 0 spiro atoms. The van der Waals surface area contributed by atoms with Crippen molar-refractivity contribution in [3.05, 3.63) is 66.8 Å². The molecule has 0 amide bonds. The molecule has 4 rings (SSSR count). The Morgan fingerprint density at radius 1 is 0.963 bits per heavy atom. The van der Waals surface area contributed by atoms with Crippen molar-refractivity contribution in [2.24, 2.45) is 0 Å². The first-order valence-corrected chi connectivity index (χ1v) is 8.08. The minimum atomic E-state index is 0.119. The molecule has 0 saturated heterocycles. The summed E-state index contributed by atoms with van der Waals surface area (Å²) >= 11 is 0. The minimum Gasteiger partial charge on any atom is -0.486 e. The van der Waals surface area contributed by atoms with Gasteiger partial charge in [0.15, 0.2) is 5.82 Å². The van der Waals surface area contributed by atoms with Gasteiger partial charge < -0.3 is 20.2 Å². The number of nitrogen functional groups attached to an aromatic ring is 1. The molecule has 2 heterocycles. The molecule has 0 bridgehead atoms. The van der Waals surface area contributed by atoms with Gasteiger partial charge in [0, 0.05) is 11.3 Å². The minimum absolute atomic E-state index is 0.119. The van der Waals surface area contributed by atoms with Crippen molar-refractivity contribution < 1.29 is 9.15 Å². The van der Waals surface area contributed by atoms with E-state index >= 15 is 0 Å². The van der Waals surface area contributed by atoms with Crippen LogP contribution in [0.5, 0.6) is 5.75 Å². The summed E-state index contributed by atoms with van der Waals surface area (Å²) in [4.78, 5) is 12.5. The molecule has 0 aliphatic rings. The Morgan fingerprint density at radius 3 is 2.52 bits per heavy atom. The molecule has 2 aromatic heterocycles. The van der Waals surface area contributed by atoms with E-state index in [2.05, 4.69) is 30.5 Å². The topological polar surface area (TPSA) is 125 Å². The smallest absolute Gasteiger partial charge is 0.247 e. The van der Waals surface area contributed by atoms with Crippen LogP contribution in [0.1, 0.15) is 5.82 Å². The number of hydrogen-bond acceptors (Lipinski definition) is 9. The number of aromatic nitrogens is 5. The zero-order valence-corrected chi connectivity index (χ0v) is 14.1. The number of rotatable bonds is 6. The van der Waals surface area contributed by atoms with Crippen LogP contribution in [0, 0.1) is 0 Å². The van der Waals surface area contributed by atoms with Crippen molar-refractivity contribution in [2.45, 2.75) is 6.61 Å². The van der Waals surface area contributed by atoms with Gasteiger partial charge in [-0.1, -0.05) is 18.2 Å². The molecule has 134 valence electrons. The Morgan fingerprint density at radius 2 is 1.78 bits per heavy atom. The number of anilines is 3. The fraction of sp³-hybridized carbons (Fsp3) is 0.0556. The third kappa shape index (κ3) is 4.15. The fourth-order valence-corrected chi connectivity index (χ4v) is 2.35. The van der Waals surface area contributed by atoms with Gasteiger partial charge in [0.2, 0.25) is 24.2 Å². The van der Waals surface area contributed by atoms with Gasteiger partial charge in [0.25, 0.3) is 0 Å². The zero-order valence-electron chi connectivity index (χ0n) is 14.1. The van der Waals surface area contributed by atoms with Gasteiger partial charge in [0.1, 0.15) is 12.4 Å². The number of para-hydroxylation sites is 1. The van der Waals surface area contributed by atoms with E-state index in [1.807, 2.05) is 42.5 Å². The molecule has 0 saturated carbocycles. The summed E-state index contributed by atoms with van der Waals surface area (Å²) in [6.07, 6.45) is 1.28. The molecule has 4 aromatic rings.